The van der Waals surface area contributed by atoms with E-state index < -0.39 is 0 Å². The number of hydrogen-bond acceptors (Lipinski definition) is 4. The monoisotopic (exact) mass is 622 g/mol. The van der Waals surface area contributed by atoms with Gasteiger partial charge in [-0.15, -0.1) is 6.58 Å². The van der Waals surface area contributed by atoms with Crippen molar-refractivity contribution >= 4 is 44.8 Å². The van der Waals surface area contributed by atoms with Crippen LogP contribution in [0.1, 0.15) is 38.7 Å². The SMILES string of the molecule is C=CCN(C(=O)c1ccc(N2C[C@H]3C[C@@H](C2)c2cccc(=O)n2C3)c(NC(=O)c2ccccc2Br)c1)c1ccccc1. The summed E-state index contributed by atoms with van der Waals surface area (Å²) in [7, 11) is 0. The number of carbonyl (C=O) groups is 2. The molecule has 212 valence electrons. The Morgan fingerprint density at radius 1 is 0.952 bits per heavy atom. The number of anilines is 3. The van der Waals surface area contributed by atoms with Crippen LogP contribution < -0.4 is 20.7 Å². The summed E-state index contributed by atoms with van der Waals surface area (Å²) in [5.41, 5.74) is 4.24. The van der Waals surface area contributed by atoms with Crippen LogP contribution in [-0.4, -0.2) is 36.0 Å². The fourth-order valence-electron chi connectivity index (χ4n) is 6.17. The number of carbonyl (C=O) groups excluding carboxylic acids is 2. The Balaban J connectivity index is 1.38. The molecule has 0 radical (unpaired) electrons. The van der Waals surface area contributed by atoms with Gasteiger partial charge in [-0.25, -0.2) is 0 Å². The molecule has 1 N–H and O–H groups in total. The fourth-order valence-corrected chi connectivity index (χ4v) is 6.64. The maximum absolute atomic E-state index is 13.8. The first-order chi connectivity index (χ1) is 20.4. The average molecular weight is 624 g/mol. The van der Waals surface area contributed by atoms with Gasteiger partial charge in [0.05, 0.1) is 16.9 Å². The van der Waals surface area contributed by atoms with Crippen molar-refractivity contribution in [1.82, 2.24) is 4.57 Å². The first-order valence-electron chi connectivity index (χ1n) is 14.1. The average Bonchev–Trinajstić information content (AvgIpc) is 3.00. The van der Waals surface area contributed by atoms with E-state index in [0.717, 1.165) is 30.0 Å². The maximum atomic E-state index is 13.8. The largest absolute Gasteiger partial charge is 0.369 e. The van der Waals surface area contributed by atoms with Crippen molar-refractivity contribution < 1.29 is 9.59 Å². The van der Waals surface area contributed by atoms with Gasteiger partial charge in [0.15, 0.2) is 0 Å². The molecule has 1 aromatic heterocycles. The van der Waals surface area contributed by atoms with Crippen molar-refractivity contribution in [3.05, 3.63) is 135 Å². The number of aromatic nitrogens is 1. The van der Waals surface area contributed by atoms with Crippen LogP contribution in [0.15, 0.2) is 113 Å². The lowest BCUT2D eigenvalue weighted by Crippen LogP contribution is -2.47. The minimum atomic E-state index is -0.270. The second-order valence-electron chi connectivity index (χ2n) is 10.8. The molecule has 7 nitrogen and oxygen atoms in total. The van der Waals surface area contributed by atoms with Crippen molar-refractivity contribution in [1.29, 1.82) is 0 Å². The molecule has 6 rings (SSSR count). The molecule has 2 atom stereocenters. The zero-order chi connectivity index (χ0) is 29.2. The van der Waals surface area contributed by atoms with E-state index in [-0.39, 0.29) is 23.3 Å². The summed E-state index contributed by atoms with van der Waals surface area (Å²) < 4.78 is 2.60. The van der Waals surface area contributed by atoms with Crippen molar-refractivity contribution in [2.24, 2.45) is 5.92 Å². The molecular weight excluding hydrogens is 592 g/mol. The van der Waals surface area contributed by atoms with Crippen LogP contribution >= 0.6 is 15.9 Å². The highest BCUT2D eigenvalue weighted by molar-refractivity contribution is 9.10. The third-order valence-corrected chi connectivity index (χ3v) is 8.75. The highest BCUT2D eigenvalue weighted by atomic mass is 79.9. The maximum Gasteiger partial charge on any atom is 0.258 e. The standard InChI is InChI=1S/C34H31BrN4O3/c1-2-17-38(26-9-4-3-5-10-26)34(42)24-15-16-31(29(19-24)36-33(41)27-11-6-7-12-28(27)35)37-20-23-18-25(22-37)30-13-8-14-32(40)39(30)21-23/h2-16,19,23,25H,1,17-18,20-22H2,(H,36,41)/t23-,25+/m1/s1. The smallest absolute Gasteiger partial charge is 0.258 e. The zero-order valence-corrected chi connectivity index (χ0v) is 24.7. The predicted molar refractivity (Wildman–Crippen MR) is 171 cm³/mol. The van der Waals surface area contributed by atoms with Gasteiger partial charge in [-0.3, -0.25) is 14.4 Å². The number of nitrogens with zero attached hydrogens (tertiary/aromatic N) is 3. The third-order valence-electron chi connectivity index (χ3n) is 8.06. The molecule has 2 aliphatic heterocycles. The number of rotatable bonds is 7. The van der Waals surface area contributed by atoms with Gasteiger partial charge >= 0.3 is 0 Å². The van der Waals surface area contributed by atoms with E-state index in [1.165, 1.54) is 0 Å². The lowest BCUT2D eigenvalue weighted by molar-refractivity contribution is 0.0987. The summed E-state index contributed by atoms with van der Waals surface area (Å²) in [4.78, 5) is 43.8. The van der Waals surface area contributed by atoms with E-state index >= 15 is 0 Å². The fraction of sp³-hybridized carbons (Fsp3) is 0.206. The van der Waals surface area contributed by atoms with Gasteiger partial charge in [0.25, 0.3) is 17.4 Å². The normalized spacial score (nSPS) is 17.2. The second kappa shape index (κ2) is 11.8. The summed E-state index contributed by atoms with van der Waals surface area (Å²) in [5, 5.41) is 3.11. The van der Waals surface area contributed by atoms with Crippen molar-refractivity contribution in [2.75, 3.05) is 34.8 Å². The van der Waals surface area contributed by atoms with E-state index in [4.69, 9.17) is 0 Å². The van der Waals surface area contributed by atoms with Gasteiger partial charge in [0.1, 0.15) is 0 Å². The molecular formula is C34H31BrN4O3. The number of amides is 2. The van der Waals surface area contributed by atoms with Crippen LogP contribution in [0.5, 0.6) is 0 Å². The Labute approximate surface area is 253 Å². The third kappa shape index (κ3) is 5.42. The molecule has 4 aromatic rings. The van der Waals surface area contributed by atoms with Crippen LogP contribution in [-0.2, 0) is 6.54 Å². The number of nitrogens with one attached hydrogen (secondary N) is 1. The van der Waals surface area contributed by atoms with Crippen LogP contribution in [0.4, 0.5) is 17.1 Å². The minimum absolute atomic E-state index is 0.0439. The Kier molecular flexibility index (Phi) is 7.80. The number of benzene rings is 3. The van der Waals surface area contributed by atoms with E-state index in [2.05, 4.69) is 32.7 Å². The Morgan fingerprint density at radius 2 is 1.74 bits per heavy atom. The molecule has 42 heavy (non-hydrogen) atoms. The number of halogens is 1. The van der Waals surface area contributed by atoms with E-state index in [9.17, 15) is 14.4 Å². The Hall–Kier alpha value is -4.43. The number of piperidine rings is 1. The molecule has 1 saturated heterocycles. The number of para-hydroxylation sites is 1. The van der Waals surface area contributed by atoms with E-state index in [1.54, 1.807) is 29.2 Å². The van der Waals surface area contributed by atoms with Gasteiger partial charge in [-0.1, -0.05) is 42.5 Å². The van der Waals surface area contributed by atoms with Crippen molar-refractivity contribution in [2.45, 2.75) is 18.9 Å². The number of fused-ring (bicyclic) bond motifs is 4. The molecule has 2 aliphatic rings. The lowest BCUT2D eigenvalue weighted by Gasteiger charge is -2.44. The summed E-state index contributed by atoms with van der Waals surface area (Å²) >= 11 is 3.49. The van der Waals surface area contributed by atoms with Gasteiger partial charge < -0.3 is 19.7 Å². The topological polar surface area (TPSA) is 74.7 Å². The summed E-state index contributed by atoms with van der Waals surface area (Å²) in [5.74, 6) is 0.0348. The molecule has 3 heterocycles. The molecule has 0 aliphatic carbocycles. The van der Waals surface area contributed by atoms with E-state index in [1.807, 2.05) is 77.4 Å². The van der Waals surface area contributed by atoms with Gasteiger partial charge in [0.2, 0.25) is 0 Å². The second-order valence-corrected chi connectivity index (χ2v) is 11.7. The van der Waals surface area contributed by atoms with Crippen molar-refractivity contribution in [3.63, 3.8) is 0 Å². The summed E-state index contributed by atoms with van der Waals surface area (Å²) in [6.07, 6.45) is 2.72. The molecule has 2 amide bonds. The molecule has 0 saturated carbocycles. The molecule has 2 bridgehead atoms. The van der Waals surface area contributed by atoms with Crippen molar-refractivity contribution in [3.8, 4) is 0 Å². The number of pyridine rings is 1. The van der Waals surface area contributed by atoms with Crippen LogP contribution in [0.3, 0.4) is 0 Å². The predicted octanol–water partition coefficient (Wildman–Crippen LogP) is 6.32. The highest BCUT2D eigenvalue weighted by Gasteiger charge is 2.35. The first kappa shape index (κ1) is 27.7. The first-order valence-corrected chi connectivity index (χ1v) is 14.8. The summed E-state index contributed by atoms with van der Waals surface area (Å²) in [6.45, 7) is 6.31. The molecule has 0 unspecified atom stereocenters. The number of hydrogen-bond donors (Lipinski definition) is 1. The molecule has 3 aromatic carbocycles. The van der Waals surface area contributed by atoms with Crippen LogP contribution in [0.2, 0.25) is 0 Å². The van der Waals surface area contributed by atoms with Gasteiger partial charge in [0, 0.05) is 59.6 Å². The van der Waals surface area contributed by atoms with Gasteiger partial charge in [-0.05, 0) is 76.8 Å². The van der Waals surface area contributed by atoms with Crippen LogP contribution in [0, 0.1) is 5.92 Å². The summed E-state index contributed by atoms with van der Waals surface area (Å²) in [6, 6.07) is 27.8. The quantitative estimate of drug-likeness (QED) is 0.245. The Bertz CT molecular complexity index is 1720. The molecule has 1 fully saturated rings. The molecule has 8 heteroatoms. The highest BCUT2D eigenvalue weighted by Crippen LogP contribution is 2.39. The minimum Gasteiger partial charge on any atom is -0.369 e. The van der Waals surface area contributed by atoms with E-state index in [0.29, 0.717) is 46.8 Å². The van der Waals surface area contributed by atoms with Crippen LogP contribution in [0.25, 0.3) is 0 Å². The molecule has 0 spiro atoms. The zero-order valence-electron chi connectivity index (χ0n) is 23.1. The lowest BCUT2D eigenvalue weighted by atomic mass is 9.83. The Morgan fingerprint density at radius 3 is 2.52 bits per heavy atom. The van der Waals surface area contributed by atoms with Gasteiger partial charge in [-0.2, -0.15) is 0 Å².